The van der Waals surface area contributed by atoms with Crippen molar-refractivity contribution in [1.82, 2.24) is 0 Å². The van der Waals surface area contributed by atoms with Crippen LogP contribution in [0.1, 0.15) is 16.7 Å². The zero-order valence-electron chi connectivity index (χ0n) is 16.3. The van der Waals surface area contributed by atoms with Crippen LogP contribution >= 0.6 is 11.6 Å². The van der Waals surface area contributed by atoms with E-state index >= 15 is 0 Å². The Morgan fingerprint density at radius 3 is 2.27 bits per heavy atom. The van der Waals surface area contributed by atoms with E-state index in [2.05, 4.69) is 6.07 Å². The average molecular weight is 440 g/mol. The first-order chi connectivity index (χ1) is 14.3. The van der Waals surface area contributed by atoms with E-state index in [0.717, 1.165) is 11.1 Å². The molecule has 0 saturated heterocycles. The number of hydrogen-bond acceptors (Lipinski definition) is 5. The van der Waals surface area contributed by atoms with Crippen LogP contribution in [0.5, 0.6) is 11.5 Å². The predicted molar refractivity (Wildman–Crippen MR) is 117 cm³/mol. The first-order valence-electron chi connectivity index (χ1n) is 8.89. The highest BCUT2D eigenvalue weighted by atomic mass is 35.5. The third kappa shape index (κ3) is 5.01. The number of nitrogens with zero attached hydrogens (tertiary/aromatic N) is 1. The van der Waals surface area contributed by atoms with Crippen LogP contribution in [0.15, 0.2) is 71.6 Å². The Hall–Kier alpha value is -3.27. The number of allylic oxidation sites excluding steroid dienone is 1. The van der Waals surface area contributed by atoms with Gasteiger partial charge >= 0.3 is 10.1 Å². The highest BCUT2D eigenvalue weighted by Gasteiger charge is 2.19. The van der Waals surface area contributed by atoms with E-state index in [-0.39, 0.29) is 16.4 Å². The molecule has 5 nitrogen and oxygen atoms in total. The Labute approximate surface area is 180 Å². The van der Waals surface area contributed by atoms with Gasteiger partial charge in [0.15, 0.2) is 11.5 Å². The van der Waals surface area contributed by atoms with Gasteiger partial charge in [0, 0.05) is 5.02 Å². The summed E-state index contributed by atoms with van der Waals surface area (Å²) in [5.41, 5.74) is 3.02. The maximum Gasteiger partial charge on any atom is 0.339 e. The zero-order valence-corrected chi connectivity index (χ0v) is 17.9. The van der Waals surface area contributed by atoms with Crippen LogP contribution in [-0.4, -0.2) is 15.5 Å². The SMILES string of the molecule is COc1cc(/C=C(\C#N)c2ccc(C)cc2)ccc1OS(=O)(=O)c1ccc(Cl)cc1. The van der Waals surface area contributed by atoms with E-state index in [1.165, 1.54) is 37.4 Å². The molecular weight excluding hydrogens is 422 g/mol. The van der Waals surface area contributed by atoms with Crippen molar-refractivity contribution in [2.45, 2.75) is 11.8 Å². The number of rotatable bonds is 6. The van der Waals surface area contributed by atoms with E-state index < -0.39 is 10.1 Å². The maximum absolute atomic E-state index is 12.5. The molecule has 3 aromatic rings. The van der Waals surface area contributed by atoms with Gasteiger partial charge in [0.25, 0.3) is 0 Å². The van der Waals surface area contributed by atoms with Crippen molar-refractivity contribution in [1.29, 1.82) is 5.26 Å². The Bertz CT molecular complexity index is 1230. The van der Waals surface area contributed by atoms with Crippen molar-refractivity contribution in [3.8, 4) is 17.6 Å². The Morgan fingerprint density at radius 2 is 1.67 bits per heavy atom. The molecule has 0 radical (unpaired) electrons. The Balaban J connectivity index is 1.92. The summed E-state index contributed by atoms with van der Waals surface area (Å²) in [6, 6.07) is 20.2. The van der Waals surface area contributed by atoms with Gasteiger partial charge in [-0.25, -0.2) is 0 Å². The smallest absolute Gasteiger partial charge is 0.339 e. The lowest BCUT2D eigenvalue weighted by Gasteiger charge is -2.11. The van der Waals surface area contributed by atoms with Gasteiger partial charge in [0.05, 0.1) is 18.8 Å². The van der Waals surface area contributed by atoms with E-state index in [9.17, 15) is 13.7 Å². The van der Waals surface area contributed by atoms with Gasteiger partial charge in [-0.2, -0.15) is 13.7 Å². The van der Waals surface area contributed by atoms with Crippen LogP contribution in [0, 0.1) is 18.3 Å². The Kier molecular flexibility index (Phi) is 6.46. The summed E-state index contributed by atoms with van der Waals surface area (Å²) in [5.74, 6) is 0.265. The molecule has 0 heterocycles. The monoisotopic (exact) mass is 439 g/mol. The second-order valence-electron chi connectivity index (χ2n) is 6.44. The van der Waals surface area contributed by atoms with Crippen molar-refractivity contribution < 1.29 is 17.3 Å². The lowest BCUT2D eigenvalue weighted by Crippen LogP contribution is -2.10. The molecule has 0 unspecified atom stereocenters. The van der Waals surface area contributed by atoms with Crippen molar-refractivity contribution in [3.63, 3.8) is 0 Å². The van der Waals surface area contributed by atoms with Gasteiger partial charge in [-0.05, 0) is 60.5 Å². The fourth-order valence-corrected chi connectivity index (χ4v) is 3.76. The number of aryl methyl sites for hydroxylation is 1. The largest absolute Gasteiger partial charge is 0.493 e. The Morgan fingerprint density at radius 1 is 1.00 bits per heavy atom. The molecule has 0 atom stereocenters. The highest BCUT2D eigenvalue weighted by molar-refractivity contribution is 7.87. The third-order valence-corrected chi connectivity index (χ3v) is 5.78. The standard InChI is InChI=1S/C23H18ClNO4S/c1-16-3-6-18(7-4-16)19(15-25)13-17-5-12-22(23(14-17)28-2)29-30(26,27)21-10-8-20(24)9-11-21/h3-14H,1-2H3/b19-13+. The van der Waals surface area contributed by atoms with E-state index in [0.29, 0.717) is 16.2 Å². The summed E-state index contributed by atoms with van der Waals surface area (Å²) >= 11 is 5.81. The fourth-order valence-electron chi connectivity index (χ4n) is 2.69. The van der Waals surface area contributed by atoms with Gasteiger partial charge in [-0.1, -0.05) is 47.5 Å². The van der Waals surface area contributed by atoms with Crippen LogP contribution < -0.4 is 8.92 Å². The lowest BCUT2D eigenvalue weighted by molar-refractivity contribution is 0.390. The molecule has 7 heteroatoms. The minimum absolute atomic E-state index is 0.0240. The second-order valence-corrected chi connectivity index (χ2v) is 8.42. The minimum Gasteiger partial charge on any atom is -0.493 e. The summed E-state index contributed by atoms with van der Waals surface area (Å²) in [6.45, 7) is 1.97. The van der Waals surface area contributed by atoms with Gasteiger partial charge in [0.1, 0.15) is 4.90 Å². The predicted octanol–water partition coefficient (Wildman–Crippen LogP) is 5.49. The molecular formula is C23H18ClNO4S. The van der Waals surface area contributed by atoms with E-state index in [4.69, 9.17) is 20.5 Å². The molecule has 0 N–H and O–H groups in total. The molecule has 0 aromatic heterocycles. The second kappa shape index (κ2) is 9.04. The van der Waals surface area contributed by atoms with Crippen molar-refractivity contribution in [2.75, 3.05) is 7.11 Å². The molecule has 0 bridgehead atoms. The molecule has 3 aromatic carbocycles. The number of ether oxygens (including phenoxy) is 1. The quantitative estimate of drug-likeness (QED) is 0.288. The fraction of sp³-hybridized carbons (Fsp3) is 0.0870. The van der Waals surface area contributed by atoms with Crippen LogP contribution in [-0.2, 0) is 10.1 Å². The molecule has 0 aliphatic carbocycles. The van der Waals surface area contributed by atoms with Gasteiger partial charge in [-0.3, -0.25) is 0 Å². The number of methoxy groups -OCH3 is 1. The van der Waals surface area contributed by atoms with Gasteiger partial charge in [0.2, 0.25) is 0 Å². The highest BCUT2D eigenvalue weighted by Crippen LogP contribution is 2.32. The van der Waals surface area contributed by atoms with Crippen molar-refractivity contribution >= 4 is 33.4 Å². The number of nitriles is 1. The molecule has 3 rings (SSSR count). The normalized spacial score (nSPS) is 11.6. The molecule has 0 aliphatic rings. The molecule has 0 saturated carbocycles. The summed E-state index contributed by atoms with van der Waals surface area (Å²) < 4.78 is 35.6. The summed E-state index contributed by atoms with van der Waals surface area (Å²) in [6.07, 6.45) is 1.70. The maximum atomic E-state index is 12.5. The number of hydrogen-bond donors (Lipinski definition) is 0. The molecule has 0 amide bonds. The molecule has 0 fully saturated rings. The topological polar surface area (TPSA) is 76.4 Å². The molecule has 0 spiro atoms. The first kappa shape index (κ1) is 21.4. The van der Waals surface area contributed by atoms with Gasteiger partial charge in [-0.15, -0.1) is 0 Å². The van der Waals surface area contributed by atoms with Crippen molar-refractivity contribution in [2.24, 2.45) is 0 Å². The molecule has 0 aliphatic heterocycles. The van der Waals surface area contributed by atoms with E-state index in [1.54, 1.807) is 18.2 Å². The molecule has 152 valence electrons. The minimum atomic E-state index is -4.06. The van der Waals surface area contributed by atoms with Crippen LogP contribution in [0.25, 0.3) is 11.6 Å². The average Bonchev–Trinajstić information content (AvgIpc) is 2.73. The molecule has 30 heavy (non-hydrogen) atoms. The van der Waals surface area contributed by atoms with Gasteiger partial charge < -0.3 is 8.92 Å². The van der Waals surface area contributed by atoms with Crippen molar-refractivity contribution in [3.05, 3.63) is 88.4 Å². The van der Waals surface area contributed by atoms with Crippen LogP contribution in [0.2, 0.25) is 5.02 Å². The zero-order chi connectivity index (χ0) is 21.7. The lowest BCUT2D eigenvalue weighted by atomic mass is 10.0. The van der Waals surface area contributed by atoms with Crippen LogP contribution in [0.4, 0.5) is 0 Å². The van der Waals surface area contributed by atoms with E-state index in [1.807, 2.05) is 31.2 Å². The van der Waals surface area contributed by atoms with Crippen LogP contribution in [0.3, 0.4) is 0 Å². The summed E-state index contributed by atoms with van der Waals surface area (Å²) in [4.78, 5) is -0.0240. The number of halogens is 1. The summed E-state index contributed by atoms with van der Waals surface area (Å²) in [7, 11) is -2.64. The third-order valence-electron chi connectivity index (χ3n) is 4.28. The first-order valence-corrected chi connectivity index (χ1v) is 10.7. The summed E-state index contributed by atoms with van der Waals surface area (Å²) in [5, 5.41) is 9.95. The number of benzene rings is 3.